The Bertz CT molecular complexity index is 662. The summed E-state index contributed by atoms with van der Waals surface area (Å²) in [6.45, 7) is 9.05. The van der Waals surface area contributed by atoms with Crippen molar-refractivity contribution in [2.45, 2.75) is 26.5 Å². The summed E-state index contributed by atoms with van der Waals surface area (Å²) in [6, 6.07) is 6.39. The van der Waals surface area contributed by atoms with Crippen molar-refractivity contribution < 1.29 is 9.13 Å². The number of aliphatic imine (C=N–C) groups is 1. The fourth-order valence-electron chi connectivity index (χ4n) is 2.96. The largest absolute Gasteiger partial charge is 0.374 e. The minimum absolute atomic E-state index is 0. The fraction of sp³-hybridized carbons (Fsp3) is 0.579. The third-order valence-electron chi connectivity index (χ3n) is 4.20. The van der Waals surface area contributed by atoms with E-state index in [-0.39, 0.29) is 30.1 Å². The number of morpholine rings is 1. The predicted molar refractivity (Wildman–Crippen MR) is 116 cm³/mol. The van der Waals surface area contributed by atoms with Gasteiger partial charge in [-0.1, -0.05) is 19.9 Å². The lowest BCUT2D eigenvalue weighted by Gasteiger charge is -2.34. The Morgan fingerprint density at radius 2 is 2.22 bits per heavy atom. The number of rotatable bonds is 6. The Morgan fingerprint density at radius 3 is 2.85 bits per heavy atom. The van der Waals surface area contributed by atoms with Gasteiger partial charge in [0.25, 0.3) is 0 Å². The van der Waals surface area contributed by atoms with E-state index in [9.17, 15) is 4.39 Å². The van der Waals surface area contributed by atoms with Crippen molar-refractivity contribution >= 4 is 29.9 Å². The lowest BCUT2D eigenvalue weighted by molar-refractivity contribution is -0.0284. The molecule has 0 aromatic heterocycles. The molecule has 2 N–H and O–H groups in total. The summed E-state index contributed by atoms with van der Waals surface area (Å²) in [7, 11) is 1.68. The second-order valence-corrected chi connectivity index (χ2v) is 6.87. The summed E-state index contributed by atoms with van der Waals surface area (Å²) in [4.78, 5) is 6.59. The van der Waals surface area contributed by atoms with Crippen LogP contribution in [-0.2, 0) is 11.3 Å². The molecule has 1 aliphatic rings. The van der Waals surface area contributed by atoms with Gasteiger partial charge in [0.05, 0.1) is 24.3 Å². The maximum atomic E-state index is 13.9. The van der Waals surface area contributed by atoms with Crippen molar-refractivity contribution in [2.24, 2.45) is 10.9 Å². The van der Waals surface area contributed by atoms with Crippen molar-refractivity contribution in [3.63, 3.8) is 0 Å². The number of ether oxygens (including phenoxy) is 1. The minimum Gasteiger partial charge on any atom is -0.374 e. The number of guanidine groups is 1. The van der Waals surface area contributed by atoms with Gasteiger partial charge < -0.3 is 15.4 Å². The number of benzene rings is 1. The molecule has 8 heteroatoms. The third-order valence-corrected chi connectivity index (χ3v) is 4.20. The zero-order valence-corrected chi connectivity index (χ0v) is 18.5. The molecule has 1 heterocycles. The van der Waals surface area contributed by atoms with Gasteiger partial charge in [-0.05, 0) is 18.1 Å². The molecule has 1 unspecified atom stereocenters. The molecule has 1 aromatic carbocycles. The summed E-state index contributed by atoms with van der Waals surface area (Å²) in [6.07, 6.45) is 0.104. The van der Waals surface area contributed by atoms with Gasteiger partial charge in [-0.2, -0.15) is 5.26 Å². The van der Waals surface area contributed by atoms with Crippen molar-refractivity contribution in [1.82, 2.24) is 15.5 Å². The van der Waals surface area contributed by atoms with E-state index in [4.69, 9.17) is 10.00 Å². The topological polar surface area (TPSA) is 72.7 Å². The van der Waals surface area contributed by atoms with Crippen molar-refractivity contribution in [3.8, 4) is 6.07 Å². The van der Waals surface area contributed by atoms with Crippen LogP contribution >= 0.6 is 24.0 Å². The fourth-order valence-corrected chi connectivity index (χ4v) is 2.96. The molecule has 1 atom stereocenters. The van der Waals surface area contributed by atoms with Gasteiger partial charge in [-0.3, -0.25) is 9.89 Å². The quantitative estimate of drug-likeness (QED) is 0.365. The molecule has 6 nitrogen and oxygen atoms in total. The molecule has 0 spiro atoms. The van der Waals surface area contributed by atoms with E-state index in [0.29, 0.717) is 36.1 Å². The zero-order chi connectivity index (χ0) is 18.9. The number of halogens is 2. The van der Waals surface area contributed by atoms with Crippen LogP contribution in [0.4, 0.5) is 4.39 Å². The molecule has 0 saturated carbocycles. The molecule has 2 rings (SSSR count). The van der Waals surface area contributed by atoms with Crippen LogP contribution in [-0.4, -0.2) is 56.8 Å². The predicted octanol–water partition coefficient (Wildman–Crippen LogP) is 2.34. The molecule has 0 aliphatic carbocycles. The lowest BCUT2D eigenvalue weighted by atomic mass is 10.1. The average molecular weight is 489 g/mol. The van der Waals surface area contributed by atoms with Gasteiger partial charge in [0, 0.05) is 45.3 Å². The molecule has 1 aromatic rings. The first-order valence-corrected chi connectivity index (χ1v) is 8.98. The van der Waals surface area contributed by atoms with Crippen LogP contribution in [0.1, 0.15) is 25.0 Å². The van der Waals surface area contributed by atoms with E-state index >= 15 is 0 Å². The molecular formula is C19H29FIN5O. The van der Waals surface area contributed by atoms with Crippen molar-refractivity contribution in [3.05, 3.63) is 35.1 Å². The van der Waals surface area contributed by atoms with E-state index in [1.54, 1.807) is 19.2 Å². The number of nitrogens with zero attached hydrogens (tertiary/aromatic N) is 3. The summed E-state index contributed by atoms with van der Waals surface area (Å²) in [5.41, 5.74) is 0.804. The van der Waals surface area contributed by atoms with E-state index in [2.05, 4.69) is 34.4 Å². The van der Waals surface area contributed by atoms with Crippen molar-refractivity contribution in [1.29, 1.82) is 5.26 Å². The van der Waals surface area contributed by atoms with Gasteiger partial charge in [-0.15, -0.1) is 24.0 Å². The van der Waals surface area contributed by atoms with Crippen molar-refractivity contribution in [2.75, 3.05) is 39.8 Å². The Labute approximate surface area is 178 Å². The highest BCUT2D eigenvalue weighted by Gasteiger charge is 2.21. The van der Waals surface area contributed by atoms with E-state index in [0.717, 1.165) is 26.2 Å². The SMILES string of the molecule is CN=C(NCc1ccc(C#N)cc1F)NCC1CN(CC(C)C)CCO1.I. The molecule has 1 aliphatic heterocycles. The number of hydrogen-bond donors (Lipinski definition) is 2. The van der Waals surface area contributed by atoms with Crippen LogP contribution in [0, 0.1) is 23.1 Å². The van der Waals surface area contributed by atoms with E-state index in [1.807, 2.05) is 6.07 Å². The Balaban J connectivity index is 0.00000364. The van der Waals surface area contributed by atoms with Crippen LogP contribution in [0.25, 0.3) is 0 Å². The molecule has 27 heavy (non-hydrogen) atoms. The lowest BCUT2D eigenvalue weighted by Crippen LogP contribution is -2.50. The number of hydrogen-bond acceptors (Lipinski definition) is 4. The Hall–Kier alpha value is -1.44. The van der Waals surface area contributed by atoms with Crippen LogP contribution in [0.15, 0.2) is 23.2 Å². The first-order chi connectivity index (χ1) is 12.5. The Kier molecular flexibility index (Phi) is 10.6. The van der Waals surface area contributed by atoms with Crippen LogP contribution < -0.4 is 10.6 Å². The van der Waals surface area contributed by atoms with Gasteiger partial charge in [-0.25, -0.2) is 4.39 Å². The van der Waals surface area contributed by atoms with Crippen LogP contribution in [0.5, 0.6) is 0 Å². The summed E-state index contributed by atoms with van der Waals surface area (Å²) in [5.74, 6) is 0.837. The standard InChI is InChI=1S/C19H28FN5O.HI/c1-14(2)12-25-6-7-26-17(13-25)11-24-19(22-3)23-10-16-5-4-15(9-21)8-18(16)20;/h4-5,8,14,17H,6-7,10-13H2,1-3H3,(H2,22,23,24);1H. The highest BCUT2D eigenvalue weighted by atomic mass is 127. The molecule has 0 radical (unpaired) electrons. The number of nitriles is 1. The second-order valence-electron chi connectivity index (χ2n) is 6.87. The Morgan fingerprint density at radius 1 is 1.44 bits per heavy atom. The number of nitrogens with one attached hydrogen (secondary N) is 2. The molecule has 0 bridgehead atoms. The van der Waals surface area contributed by atoms with Gasteiger partial charge in [0.1, 0.15) is 5.82 Å². The smallest absolute Gasteiger partial charge is 0.191 e. The highest BCUT2D eigenvalue weighted by molar-refractivity contribution is 14.0. The van der Waals surface area contributed by atoms with Crippen LogP contribution in [0.2, 0.25) is 0 Å². The maximum Gasteiger partial charge on any atom is 0.191 e. The average Bonchev–Trinajstić information content (AvgIpc) is 2.62. The summed E-state index contributed by atoms with van der Waals surface area (Å²) < 4.78 is 19.8. The van der Waals surface area contributed by atoms with Gasteiger partial charge >= 0.3 is 0 Å². The van der Waals surface area contributed by atoms with Gasteiger partial charge in [0.2, 0.25) is 0 Å². The molecule has 150 valence electrons. The zero-order valence-electron chi connectivity index (χ0n) is 16.2. The van der Waals surface area contributed by atoms with E-state index < -0.39 is 5.82 Å². The highest BCUT2D eigenvalue weighted by Crippen LogP contribution is 2.10. The summed E-state index contributed by atoms with van der Waals surface area (Å²) >= 11 is 0. The second kappa shape index (κ2) is 12.1. The normalized spacial score (nSPS) is 17.9. The maximum absolute atomic E-state index is 13.9. The summed E-state index contributed by atoms with van der Waals surface area (Å²) in [5, 5.41) is 15.1. The third kappa shape index (κ3) is 7.99. The molecule has 1 saturated heterocycles. The van der Waals surface area contributed by atoms with Crippen LogP contribution in [0.3, 0.4) is 0 Å². The molecule has 0 amide bonds. The molecular weight excluding hydrogens is 460 g/mol. The van der Waals surface area contributed by atoms with Gasteiger partial charge in [0.15, 0.2) is 5.96 Å². The monoisotopic (exact) mass is 489 g/mol. The molecule has 1 fully saturated rings. The minimum atomic E-state index is -0.396. The first kappa shape index (κ1) is 23.6. The van der Waals surface area contributed by atoms with E-state index in [1.165, 1.54) is 6.07 Å². The first-order valence-electron chi connectivity index (χ1n) is 8.98.